The lowest BCUT2D eigenvalue weighted by Crippen LogP contribution is -2.02. The Balaban J connectivity index is 1.33. The average molecular weight is 557 g/mol. The molecule has 0 radical (unpaired) electrons. The molecule has 0 aliphatic carbocycles. The summed E-state index contributed by atoms with van der Waals surface area (Å²) < 4.78 is 30.5. The molecule has 6 aromatic rings. The van der Waals surface area contributed by atoms with Crippen molar-refractivity contribution in [3.05, 3.63) is 164 Å². The molecule has 41 heavy (non-hydrogen) atoms. The van der Waals surface area contributed by atoms with E-state index in [0.29, 0.717) is 17.2 Å². The quantitative estimate of drug-likeness (QED) is 0.192. The van der Waals surface area contributed by atoms with Gasteiger partial charge in [-0.05, 0) is 109 Å². The van der Waals surface area contributed by atoms with Crippen LogP contribution in [0.3, 0.4) is 0 Å². The average Bonchev–Trinajstić information content (AvgIpc) is 3.03. The largest absolute Gasteiger partial charge is 0.457 e. The molecule has 0 amide bonds. The third-order valence-corrected chi connectivity index (χ3v) is 9.29. The first-order valence-corrected chi connectivity index (χ1v) is 14.8. The molecule has 1 N–H and O–H groups in total. The topological polar surface area (TPSA) is 47.9 Å². The van der Waals surface area contributed by atoms with Gasteiger partial charge in [-0.3, -0.25) is 0 Å². The lowest BCUT2D eigenvalue weighted by Gasteiger charge is -2.35. The summed E-state index contributed by atoms with van der Waals surface area (Å²) in [6.45, 7) is 0. The van der Waals surface area contributed by atoms with E-state index in [1.54, 1.807) is 0 Å². The van der Waals surface area contributed by atoms with Gasteiger partial charge in [0.05, 0.1) is 0 Å². The molecule has 0 saturated heterocycles. The van der Waals surface area contributed by atoms with Crippen LogP contribution in [0.15, 0.2) is 178 Å². The molecule has 202 valence electrons. The van der Waals surface area contributed by atoms with E-state index in [0.717, 1.165) is 31.9 Å². The second kappa shape index (κ2) is 12.0. The van der Waals surface area contributed by atoms with Gasteiger partial charge < -0.3 is 18.8 Å². The van der Waals surface area contributed by atoms with Crippen molar-refractivity contribution in [3.63, 3.8) is 0 Å². The zero-order valence-corrected chi connectivity index (χ0v) is 23.0. The van der Waals surface area contributed by atoms with Crippen molar-refractivity contribution in [3.8, 4) is 34.5 Å². The molecule has 0 unspecified atom stereocenters. The first-order chi connectivity index (χ1) is 20.2. The highest BCUT2D eigenvalue weighted by atomic mass is 32.3. The Morgan fingerprint density at radius 3 is 0.756 bits per heavy atom. The number of rotatable bonds is 9. The molecule has 0 aliphatic rings. The van der Waals surface area contributed by atoms with Crippen LogP contribution in [0.2, 0.25) is 0 Å². The van der Waals surface area contributed by atoms with Crippen molar-refractivity contribution in [2.45, 2.75) is 14.7 Å². The van der Waals surface area contributed by atoms with Gasteiger partial charge in [-0.15, -0.1) is 0 Å². The molecule has 0 bridgehead atoms. The zero-order chi connectivity index (χ0) is 27.9. The maximum Gasteiger partial charge on any atom is 0.127 e. The Hall–Kier alpha value is -4.97. The Morgan fingerprint density at radius 2 is 0.512 bits per heavy atom. The Morgan fingerprint density at radius 1 is 0.293 bits per heavy atom. The van der Waals surface area contributed by atoms with Gasteiger partial charge in [-0.2, -0.15) is 0 Å². The van der Waals surface area contributed by atoms with Crippen LogP contribution in [0, 0.1) is 0 Å². The summed E-state index contributed by atoms with van der Waals surface area (Å²) in [5, 5.41) is 0. The van der Waals surface area contributed by atoms with E-state index >= 15 is 0 Å². The van der Waals surface area contributed by atoms with Crippen molar-refractivity contribution >= 4 is 10.3 Å². The number of ether oxygens (including phenoxy) is 3. The molecule has 6 rings (SSSR count). The van der Waals surface area contributed by atoms with Gasteiger partial charge in [0, 0.05) is 14.7 Å². The maximum absolute atomic E-state index is 12.5. The van der Waals surface area contributed by atoms with Gasteiger partial charge >= 0.3 is 0 Å². The first kappa shape index (κ1) is 26.3. The maximum atomic E-state index is 12.5. The molecule has 5 heteroatoms. The van der Waals surface area contributed by atoms with Crippen LogP contribution in [0.5, 0.6) is 34.5 Å². The first-order valence-electron chi connectivity index (χ1n) is 13.2. The van der Waals surface area contributed by atoms with E-state index in [4.69, 9.17) is 14.2 Å². The summed E-state index contributed by atoms with van der Waals surface area (Å²) in [4.78, 5) is 2.35. The van der Waals surface area contributed by atoms with E-state index in [2.05, 4.69) is 0 Å². The Labute approximate surface area is 241 Å². The van der Waals surface area contributed by atoms with Crippen molar-refractivity contribution in [1.82, 2.24) is 0 Å². The fraction of sp³-hybridized carbons (Fsp3) is 0. The summed E-state index contributed by atoms with van der Waals surface area (Å²) in [6, 6.07) is 51.8. The van der Waals surface area contributed by atoms with Crippen LogP contribution in [0.4, 0.5) is 0 Å². The van der Waals surface area contributed by atoms with Crippen LogP contribution in [0.25, 0.3) is 0 Å². The standard InChI is InChI=1S/C36H28O4S/c37-41(34-22-16-31(17-23-34)38-28-10-4-1-5-11-28,35-24-18-32(19-25-35)39-29-12-6-2-7-13-29)36-26-20-33(21-27-36)40-30-14-8-3-9-15-30/h1-27,37H. The highest BCUT2D eigenvalue weighted by Gasteiger charge is 2.29. The van der Waals surface area contributed by atoms with Crippen LogP contribution in [-0.2, 0) is 0 Å². The summed E-state index contributed by atoms with van der Waals surface area (Å²) >= 11 is 0. The van der Waals surface area contributed by atoms with Gasteiger partial charge in [-0.1, -0.05) is 64.9 Å². The van der Waals surface area contributed by atoms with E-state index in [9.17, 15) is 4.55 Å². The summed E-state index contributed by atoms with van der Waals surface area (Å²) in [6.07, 6.45) is 0. The number of hydrogen-bond donors (Lipinski definition) is 1. The monoisotopic (exact) mass is 556 g/mol. The predicted octanol–water partition coefficient (Wildman–Crippen LogP) is 10.8. The molecule has 0 aromatic heterocycles. The van der Waals surface area contributed by atoms with Gasteiger partial charge in [-0.25, -0.2) is 0 Å². The second-order valence-corrected chi connectivity index (χ2v) is 11.8. The fourth-order valence-electron chi connectivity index (χ4n) is 4.40. The SMILES string of the molecule is OS(c1ccc(Oc2ccccc2)cc1)(c1ccc(Oc2ccccc2)cc1)c1ccc(Oc2ccccc2)cc1. The van der Waals surface area contributed by atoms with Gasteiger partial charge in [0.25, 0.3) is 0 Å². The molecular formula is C36H28O4S. The molecule has 0 aliphatic heterocycles. The normalized spacial score (nSPS) is 11.4. The lowest BCUT2D eigenvalue weighted by atomic mass is 10.3. The van der Waals surface area contributed by atoms with Gasteiger partial charge in [0.1, 0.15) is 34.5 Å². The van der Waals surface area contributed by atoms with Crippen LogP contribution in [0.1, 0.15) is 0 Å². The van der Waals surface area contributed by atoms with E-state index in [-0.39, 0.29) is 0 Å². The Kier molecular flexibility index (Phi) is 7.72. The fourth-order valence-corrected chi connectivity index (χ4v) is 6.80. The van der Waals surface area contributed by atoms with Gasteiger partial charge in [0.2, 0.25) is 0 Å². The van der Waals surface area contributed by atoms with Crippen molar-refractivity contribution in [2.24, 2.45) is 0 Å². The number of para-hydroxylation sites is 3. The minimum atomic E-state index is -2.61. The zero-order valence-electron chi connectivity index (χ0n) is 22.2. The van der Waals surface area contributed by atoms with Gasteiger partial charge in [0.15, 0.2) is 0 Å². The Bertz CT molecular complexity index is 1470. The molecule has 0 spiro atoms. The molecular weight excluding hydrogens is 528 g/mol. The highest BCUT2D eigenvalue weighted by molar-refractivity contribution is 8.29. The van der Waals surface area contributed by atoms with Crippen LogP contribution in [-0.4, -0.2) is 4.55 Å². The van der Waals surface area contributed by atoms with Crippen molar-refractivity contribution < 1.29 is 18.8 Å². The third kappa shape index (κ3) is 6.12. The molecule has 0 saturated carbocycles. The molecule has 0 heterocycles. The van der Waals surface area contributed by atoms with Crippen LogP contribution < -0.4 is 14.2 Å². The predicted molar refractivity (Wildman–Crippen MR) is 164 cm³/mol. The number of hydrogen-bond acceptors (Lipinski definition) is 4. The van der Waals surface area contributed by atoms with Crippen LogP contribution >= 0.6 is 10.3 Å². The minimum Gasteiger partial charge on any atom is -0.457 e. The minimum absolute atomic E-state index is 0.694. The summed E-state index contributed by atoms with van der Waals surface area (Å²) in [5.41, 5.74) is 0. The smallest absolute Gasteiger partial charge is 0.127 e. The van der Waals surface area contributed by atoms with Crippen molar-refractivity contribution in [1.29, 1.82) is 0 Å². The van der Waals surface area contributed by atoms with E-state index < -0.39 is 10.3 Å². The summed E-state index contributed by atoms with van der Waals surface area (Å²) in [5.74, 6) is 4.35. The molecule has 6 aromatic carbocycles. The highest BCUT2D eigenvalue weighted by Crippen LogP contribution is 2.65. The second-order valence-electron chi connectivity index (χ2n) is 9.24. The summed E-state index contributed by atoms with van der Waals surface area (Å²) in [7, 11) is -2.61. The van der Waals surface area contributed by atoms with E-state index in [1.807, 2.05) is 164 Å². The number of benzene rings is 6. The lowest BCUT2D eigenvalue weighted by molar-refractivity contribution is 0.482. The van der Waals surface area contributed by atoms with E-state index in [1.165, 1.54) is 0 Å². The molecule has 4 nitrogen and oxygen atoms in total. The van der Waals surface area contributed by atoms with Crippen molar-refractivity contribution in [2.75, 3.05) is 0 Å². The molecule has 0 fully saturated rings. The molecule has 0 atom stereocenters. The third-order valence-electron chi connectivity index (χ3n) is 6.43.